The highest BCUT2D eigenvalue weighted by Crippen LogP contribution is 2.33. The van der Waals surface area contributed by atoms with E-state index in [-0.39, 0.29) is 5.84 Å². The molecular weight excluding hydrogens is 282 g/mol. The van der Waals surface area contributed by atoms with E-state index in [1.54, 1.807) is 11.8 Å². The summed E-state index contributed by atoms with van der Waals surface area (Å²) in [6.45, 7) is 6.47. The van der Waals surface area contributed by atoms with Gasteiger partial charge < -0.3 is 15.8 Å². The number of hydrogen-bond acceptors (Lipinski definition) is 4. The fourth-order valence-electron chi connectivity index (χ4n) is 2.98. The largest absolute Gasteiger partial charge is 0.409 e. The van der Waals surface area contributed by atoms with Gasteiger partial charge in [0, 0.05) is 23.7 Å². The quantitative estimate of drug-likeness (QED) is 0.287. The summed E-state index contributed by atoms with van der Waals surface area (Å²) in [5.74, 6) is 1.91. The van der Waals surface area contributed by atoms with E-state index in [1.165, 1.54) is 19.3 Å². The second-order valence-corrected chi connectivity index (χ2v) is 6.74. The molecule has 5 heteroatoms. The third-order valence-electron chi connectivity index (χ3n) is 4.10. The number of benzene rings is 1. The van der Waals surface area contributed by atoms with Crippen molar-refractivity contribution < 1.29 is 5.21 Å². The first-order chi connectivity index (χ1) is 10.2. The summed E-state index contributed by atoms with van der Waals surface area (Å²) in [5, 5.41) is 12.4. The molecule has 0 bridgehead atoms. The summed E-state index contributed by atoms with van der Waals surface area (Å²) in [5.41, 5.74) is 7.94. The standard InChI is InChI=1S/C16H25N3OS/c1-3-12-7-6-10-19(11-12)13-8-5-9-14(21-4-2)15(13)16(17)18-20/h5,8-9,12,20H,3-4,6-7,10-11H2,1-2H3,(H2,17,18). The molecule has 1 saturated heterocycles. The van der Waals surface area contributed by atoms with Crippen molar-refractivity contribution in [3.8, 4) is 0 Å². The lowest BCUT2D eigenvalue weighted by molar-refractivity contribution is 0.318. The Morgan fingerprint density at radius 2 is 2.29 bits per heavy atom. The summed E-state index contributed by atoms with van der Waals surface area (Å²) in [4.78, 5) is 3.48. The smallest absolute Gasteiger partial charge is 0.173 e. The van der Waals surface area contributed by atoms with Gasteiger partial charge in [-0.25, -0.2) is 0 Å². The van der Waals surface area contributed by atoms with Crippen LogP contribution in [0.1, 0.15) is 38.7 Å². The Hall–Kier alpha value is -1.36. The van der Waals surface area contributed by atoms with Crippen LogP contribution in [0, 0.1) is 5.92 Å². The summed E-state index contributed by atoms with van der Waals surface area (Å²) in [6, 6.07) is 6.20. The lowest BCUT2D eigenvalue weighted by atomic mass is 9.94. The molecule has 1 aliphatic rings. The highest BCUT2D eigenvalue weighted by molar-refractivity contribution is 7.99. The minimum atomic E-state index is 0.208. The highest BCUT2D eigenvalue weighted by atomic mass is 32.2. The fraction of sp³-hybridized carbons (Fsp3) is 0.562. The third kappa shape index (κ3) is 3.64. The number of nitrogens with two attached hydrogens (primary N) is 1. The monoisotopic (exact) mass is 307 g/mol. The lowest BCUT2D eigenvalue weighted by Gasteiger charge is -2.35. The Balaban J connectivity index is 2.40. The van der Waals surface area contributed by atoms with Gasteiger partial charge in [-0.15, -0.1) is 11.8 Å². The Morgan fingerprint density at radius 1 is 1.48 bits per heavy atom. The van der Waals surface area contributed by atoms with Gasteiger partial charge in [-0.3, -0.25) is 0 Å². The van der Waals surface area contributed by atoms with E-state index in [0.29, 0.717) is 0 Å². The summed E-state index contributed by atoms with van der Waals surface area (Å²) >= 11 is 1.73. The predicted molar refractivity (Wildman–Crippen MR) is 90.6 cm³/mol. The first-order valence-electron chi connectivity index (χ1n) is 7.69. The zero-order valence-electron chi connectivity index (χ0n) is 12.9. The Kier molecular flexibility index (Phi) is 5.79. The molecule has 2 rings (SSSR count). The van der Waals surface area contributed by atoms with Crippen molar-refractivity contribution in [1.82, 2.24) is 0 Å². The van der Waals surface area contributed by atoms with E-state index in [2.05, 4.69) is 36.0 Å². The fourth-order valence-corrected chi connectivity index (χ4v) is 3.82. The number of hydrogen-bond donors (Lipinski definition) is 2. The van der Waals surface area contributed by atoms with Crippen LogP contribution in [0.25, 0.3) is 0 Å². The number of piperidine rings is 1. The molecule has 0 amide bonds. The molecule has 4 nitrogen and oxygen atoms in total. The summed E-state index contributed by atoms with van der Waals surface area (Å²) in [6.07, 6.45) is 3.72. The first kappa shape index (κ1) is 16.0. The predicted octanol–water partition coefficient (Wildman–Crippen LogP) is 3.52. The normalized spacial score (nSPS) is 19.8. The van der Waals surface area contributed by atoms with Gasteiger partial charge in [-0.2, -0.15) is 0 Å². The van der Waals surface area contributed by atoms with Crippen molar-refractivity contribution in [2.24, 2.45) is 16.8 Å². The Morgan fingerprint density at radius 3 is 2.95 bits per heavy atom. The van der Waals surface area contributed by atoms with Crippen molar-refractivity contribution in [2.45, 2.75) is 38.0 Å². The van der Waals surface area contributed by atoms with Crippen molar-refractivity contribution in [1.29, 1.82) is 0 Å². The molecule has 0 saturated carbocycles. The average Bonchev–Trinajstić information content (AvgIpc) is 2.54. The van der Waals surface area contributed by atoms with Crippen LogP contribution in [0.4, 0.5) is 5.69 Å². The van der Waals surface area contributed by atoms with E-state index in [4.69, 9.17) is 10.9 Å². The maximum absolute atomic E-state index is 9.14. The second kappa shape index (κ2) is 7.59. The van der Waals surface area contributed by atoms with Crippen LogP contribution < -0.4 is 10.6 Å². The number of oxime groups is 1. The number of amidine groups is 1. The number of anilines is 1. The molecule has 1 fully saturated rings. The molecule has 0 aromatic heterocycles. The lowest BCUT2D eigenvalue weighted by Crippen LogP contribution is -2.36. The molecule has 1 heterocycles. The van der Waals surface area contributed by atoms with E-state index in [1.807, 2.05) is 6.07 Å². The molecule has 1 aromatic carbocycles. The van der Waals surface area contributed by atoms with E-state index in [0.717, 1.165) is 40.9 Å². The Labute approximate surface area is 131 Å². The minimum absolute atomic E-state index is 0.208. The van der Waals surface area contributed by atoms with Crippen molar-refractivity contribution in [2.75, 3.05) is 23.7 Å². The van der Waals surface area contributed by atoms with Crippen LogP contribution in [0.5, 0.6) is 0 Å². The maximum Gasteiger partial charge on any atom is 0.173 e. The topological polar surface area (TPSA) is 61.8 Å². The molecular formula is C16H25N3OS. The molecule has 0 spiro atoms. The SMILES string of the molecule is CCSc1cccc(N2CCCC(CC)C2)c1/C(N)=N/O. The average molecular weight is 307 g/mol. The minimum Gasteiger partial charge on any atom is -0.409 e. The van der Waals surface area contributed by atoms with Gasteiger partial charge in [-0.1, -0.05) is 31.5 Å². The molecule has 0 aliphatic carbocycles. The maximum atomic E-state index is 9.14. The zero-order chi connectivity index (χ0) is 15.2. The highest BCUT2D eigenvalue weighted by Gasteiger charge is 2.23. The molecule has 1 unspecified atom stereocenters. The zero-order valence-corrected chi connectivity index (χ0v) is 13.7. The van der Waals surface area contributed by atoms with Crippen LogP contribution in [0.3, 0.4) is 0 Å². The molecule has 0 radical (unpaired) electrons. The van der Waals surface area contributed by atoms with Crippen molar-refractivity contribution in [3.05, 3.63) is 23.8 Å². The van der Waals surface area contributed by atoms with Gasteiger partial charge in [0.1, 0.15) is 0 Å². The van der Waals surface area contributed by atoms with Crippen LogP contribution in [-0.2, 0) is 0 Å². The number of thioether (sulfide) groups is 1. The van der Waals surface area contributed by atoms with E-state index < -0.39 is 0 Å². The van der Waals surface area contributed by atoms with Crippen LogP contribution in [-0.4, -0.2) is 29.9 Å². The van der Waals surface area contributed by atoms with Gasteiger partial charge in [0.15, 0.2) is 5.84 Å². The molecule has 116 valence electrons. The number of nitrogens with zero attached hydrogens (tertiary/aromatic N) is 2. The molecule has 1 aliphatic heterocycles. The molecule has 3 N–H and O–H groups in total. The molecule has 21 heavy (non-hydrogen) atoms. The van der Waals surface area contributed by atoms with E-state index >= 15 is 0 Å². The number of rotatable bonds is 5. The molecule has 1 atom stereocenters. The van der Waals surface area contributed by atoms with Gasteiger partial charge in [0.2, 0.25) is 0 Å². The molecule has 1 aromatic rings. The van der Waals surface area contributed by atoms with Gasteiger partial charge in [-0.05, 0) is 36.6 Å². The van der Waals surface area contributed by atoms with Crippen LogP contribution >= 0.6 is 11.8 Å². The van der Waals surface area contributed by atoms with Gasteiger partial charge in [0.25, 0.3) is 0 Å². The summed E-state index contributed by atoms with van der Waals surface area (Å²) < 4.78 is 0. The van der Waals surface area contributed by atoms with E-state index in [9.17, 15) is 0 Å². The van der Waals surface area contributed by atoms with Crippen molar-refractivity contribution in [3.63, 3.8) is 0 Å². The Bertz CT molecular complexity index is 504. The summed E-state index contributed by atoms with van der Waals surface area (Å²) in [7, 11) is 0. The van der Waals surface area contributed by atoms with Crippen molar-refractivity contribution >= 4 is 23.3 Å². The second-order valence-electron chi connectivity index (χ2n) is 5.43. The van der Waals surface area contributed by atoms with Crippen LogP contribution in [0.2, 0.25) is 0 Å². The third-order valence-corrected chi connectivity index (χ3v) is 5.04. The first-order valence-corrected chi connectivity index (χ1v) is 8.68. The van der Waals surface area contributed by atoms with Crippen LogP contribution in [0.15, 0.2) is 28.3 Å². The van der Waals surface area contributed by atoms with Gasteiger partial charge in [0.05, 0.1) is 5.56 Å². The van der Waals surface area contributed by atoms with Gasteiger partial charge >= 0.3 is 0 Å².